The number of amides is 1. The zero-order chi connectivity index (χ0) is 18.8. The number of carboxylic acid groups (broad SMARTS) is 1. The maximum atomic E-state index is 12.3. The molecule has 25 heavy (non-hydrogen) atoms. The summed E-state index contributed by atoms with van der Waals surface area (Å²) >= 11 is 0. The molecule has 0 bridgehead atoms. The highest BCUT2D eigenvalue weighted by Crippen LogP contribution is 2.17. The zero-order valence-corrected chi connectivity index (χ0v) is 15.8. The number of unbranched alkanes of at least 4 members (excludes halogenated alkanes) is 1. The smallest absolute Gasteiger partial charge is 0.320 e. The van der Waals surface area contributed by atoms with Crippen molar-refractivity contribution in [3.63, 3.8) is 0 Å². The van der Waals surface area contributed by atoms with Crippen molar-refractivity contribution in [1.82, 2.24) is 10.6 Å². The van der Waals surface area contributed by atoms with E-state index in [4.69, 9.17) is 5.11 Å². The molecule has 2 atom stereocenters. The molecule has 0 saturated carbocycles. The van der Waals surface area contributed by atoms with Crippen LogP contribution in [0.1, 0.15) is 57.1 Å². The summed E-state index contributed by atoms with van der Waals surface area (Å²) < 4.78 is 0. The molecule has 1 aromatic carbocycles. The highest BCUT2D eigenvalue weighted by Gasteiger charge is 2.16. The Morgan fingerprint density at radius 3 is 2.24 bits per heavy atom. The van der Waals surface area contributed by atoms with E-state index in [-0.39, 0.29) is 11.8 Å². The van der Waals surface area contributed by atoms with Crippen LogP contribution < -0.4 is 10.6 Å². The van der Waals surface area contributed by atoms with E-state index < -0.39 is 12.0 Å². The van der Waals surface area contributed by atoms with Gasteiger partial charge in [-0.3, -0.25) is 9.59 Å². The summed E-state index contributed by atoms with van der Waals surface area (Å²) in [7, 11) is 1.65. The first kappa shape index (κ1) is 21.2. The van der Waals surface area contributed by atoms with Crippen LogP contribution >= 0.6 is 0 Å². The Hall–Kier alpha value is -1.88. The summed E-state index contributed by atoms with van der Waals surface area (Å²) in [6.07, 6.45) is 3.15. The van der Waals surface area contributed by atoms with Crippen LogP contribution in [0.3, 0.4) is 0 Å². The fourth-order valence-electron chi connectivity index (χ4n) is 2.79. The quantitative estimate of drug-likeness (QED) is 0.537. The van der Waals surface area contributed by atoms with E-state index in [0.29, 0.717) is 18.9 Å². The molecule has 140 valence electrons. The lowest BCUT2D eigenvalue weighted by atomic mass is 9.96. The fourth-order valence-corrected chi connectivity index (χ4v) is 2.79. The van der Waals surface area contributed by atoms with Crippen molar-refractivity contribution in [2.45, 2.75) is 58.4 Å². The molecule has 0 aliphatic heterocycles. The van der Waals surface area contributed by atoms with Gasteiger partial charge in [-0.15, -0.1) is 0 Å². The first-order chi connectivity index (χ1) is 11.8. The van der Waals surface area contributed by atoms with Crippen LogP contribution in [0, 0.1) is 5.92 Å². The van der Waals surface area contributed by atoms with Gasteiger partial charge in [0.1, 0.15) is 6.04 Å². The molecule has 0 radical (unpaired) electrons. The number of carbonyl (C=O) groups is 2. The van der Waals surface area contributed by atoms with Crippen LogP contribution in [0.5, 0.6) is 0 Å². The predicted molar refractivity (Wildman–Crippen MR) is 101 cm³/mol. The third-order valence-corrected chi connectivity index (χ3v) is 4.38. The number of nitrogens with one attached hydrogen (secondary N) is 2. The number of likely N-dealkylation sites (N-methyl/N-ethyl adjacent to an activating group) is 1. The largest absolute Gasteiger partial charge is 0.480 e. The molecule has 3 N–H and O–H groups in total. The van der Waals surface area contributed by atoms with Crippen LogP contribution in [0.4, 0.5) is 0 Å². The Morgan fingerprint density at radius 1 is 1.08 bits per heavy atom. The second kappa shape index (κ2) is 10.9. The van der Waals surface area contributed by atoms with Crippen LogP contribution in [-0.4, -0.2) is 36.6 Å². The molecule has 0 heterocycles. The standard InChI is InChI=1S/C20H32N2O3/c1-14(2)13-16-8-10-17(11-9-16)15(3)19(23)22-12-6-5-7-18(21-4)20(24)25/h8-11,14-15,18,21H,5-7,12-13H2,1-4H3,(H,22,23)(H,24,25). The number of benzene rings is 1. The van der Waals surface area contributed by atoms with E-state index in [0.717, 1.165) is 24.8 Å². The Balaban J connectivity index is 2.35. The van der Waals surface area contributed by atoms with Gasteiger partial charge in [-0.2, -0.15) is 0 Å². The van der Waals surface area contributed by atoms with Crippen molar-refractivity contribution < 1.29 is 14.7 Å². The third-order valence-electron chi connectivity index (χ3n) is 4.38. The van der Waals surface area contributed by atoms with Crippen LogP contribution in [0.25, 0.3) is 0 Å². The van der Waals surface area contributed by atoms with Gasteiger partial charge in [0, 0.05) is 6.54 Å². The minimum Gasteiger partial charge on any atom is -0.480 e. The molecule has 1 amide bonds. The Bertz CT molecular complexity index is 540. The van der Waals surface area contributed by atoms with Crippen LogP contribution in [0.2, 0.25) is 0 Å². The van der Waals surface area contributed by atoms with Crippen molar-refractivity contribution >= 4 is 11.9 Å². The van der Waals surface area contributed by atoms with Crippen LogP contribution in [-0.2, 0) is 16.0 Å². The predicted octanol–water partition coefficient (Wildman–Crippen LogP) is 2.95. The molecule has 0 aliphatic carbocycles. The van der Waals surface area contributed by atoms with Crippen molar-refractivity contribution in [3.05, 3.63) is 35.4 Å². The Kier molecular flexibility index (Phi) is 9.21. The van der Waals surface area contributed by atoms with Gasteiger partial charge in [-0.1, -0.05) is 38.1 Å². The van der Waals surface area contributed by atoms with Crippen molar-refractivity contribution in [2.75, 3.05) is 13.6 Å². The average Bonchev–Trinajstić information content (AvgIpc) is 2.57. The molecule has 0 aliphatic rings. The summed E-state index contributed by atoms with van der Waals surface area (Å²) in [5, 5.41) is 14.7. The van der Waals surface area contributed by atoms with Gasteiger partial charge < -0.3 is 15.7 Å². The Morgan fingerprint density at radius 2 is 1.72 bits per heavy atom. The number of carboxylic acids is 1. The summed E-state index contributed by atoms with van der Waals surface area (Å²) in [6, 6.07) is 7.75. The zero-order valence-electron chi connectivity index (χ0n) is 15.8. The normalized spacial score (nSPS) is 13.5. The minimum atomic E-state index is -0.832. The SMILES string of the molecule is CNC(CCCCNC(=O)C(C)c1ccc(CC(C)C)cc1)C(=O)O. The maximum absolute atomic E-state index is 12.3. The molecule has 5 heteroatoms. The average molecular weight is 348 g/mol. The Labute approximate surface area is 151 Å². The first-order valence-corrected chi connectivity index (χ1v) is 9.11. The van der Waals surface area contributed by atoms with E-state index in [9.17, 15) is 9.59 Å². The summed E-state index contributed by atoms with van der Waals surface area (Å²) in [6.45, 7) is 6.87. The number of aliphatic carboxylic acids is 1. The number of hydrogen-bond acceptors (Lipinski definition) is 3. The third kappa shape index (κ3) is 7.69. The monoisotopic (exact) mass is 348 g/mol. The molecule has 0 fully saturated rings. The number of hydrogen-bond donors (Lipinski definition) is 3. The molecule has 0 aromatic heterocycles. The highest BCUT2D eigenvalue weighted by atomic mass is 16.4. The van der Waals surface area contributed by atoms with E-state index in [1.54, 1.807) is 7.05 Å². The van der Waals surface area contributed by atoms with Crippen LogP contribution in [0.15, 0.2) is 24.3 Å². The first-order valence-electron chi connectivity index (χ1n) is 9.11. The van der Waals surface area contributed by atoms with Gasteiger partial charge in [0.05, 0.1) is 5.92 Å². The number of carbonyl (C=O) groups excluding carboxylic acids is 1. The van der Waals surface area contributed by atoms with Gasteiger partial charge >= 0.3 is 5.97 Å². The minimum absolute atomic E-state index is 0.0139. The van der Waals surface area contributed by atoms with E-state index in [1.807, 2.05) is 19.1 Å². The molecule has 1 aromatic rings. The van der Waals surface area contributed by atoms with E-state index in [2.05, 4.69) is 36.6 Å². The van der Waals surface area contributed by atoms with Gasteiger partial charge in [0.2, 0.25) is 5.91 Å². The molecule has 0 saturated heterocycles. The second-order valence-corrected chi connectivity index (χ2v) is 7.03. The molecule has 5 nitrogen and oxygen atoms in total. The lowest BCUT2D eigenvalue weighted by Crippen LogP contribution is -2.34. The highest BCUT2D eigenvalue weighted by molar-refractivity contribution is 5.83. The maximum Gasteiger partial charge on any atom is 0.320 e. The van der Waals surface area contributed by atoms with E-state index >= 15 is 0 Å². The van der Waals surface area contributed by atoms with Crippen molar-refractivity contribution in [3.8, 4) is 0 Å². The lowest BCUT2D eigenvalue weighted by Gasteiger charge is -2.14. The topological polar surface area (TPSA) is 78.4 Å². The second-order valence-electron chi connectivity index (χ2n) is 7.03. The van der Waals surface area contributed by atoms with Gasteiger partial charge in [0.15, 0.2) is 0 Å². The summed E-state index contributed by atoms with van der Waals surface area (Å²) in [5.74, 6) is -0.381. The van der Waals surface area contributed by atoms with Gasteiger partial charge in [-0.25, -0.2) is 0 Å². The molecular weight excluding hydrogens is 316 g/mol. The fraction of sp³-hybridized carbons (Fsp3) is 0.600. The lowest BCUT2D eigenvalue weighted by molar-refractivity contribution is -0.139. The molecule has 1 rings (SSSR count). The summed E-state index contributed by atoms with van der Waals surface area (Å²) in [5.41, 5.74) is 2.31. The van der Waals surface area contributed by atoms with Crippen molar-refractivity contribution in [1.29, 1.82) is 0 Å². The number of rotatable bonds is 11. The van der Waals surface area contributed by atoms with Gasteiger partial charge in [-0.05, 0) is 56.7 Å². The van der Waals surface area contributed by atoms with Crippen molar-refractivity contribution in [2.24, 2.45) is 5.92 Å². The van der Waals surface area contributed by atoms with Gasteiger partial charge in [0.25, 0.3) is 0 Å². The molecular formula is C20H32N2O3. The molecule has 2 unspecified atom stereocenters. The van der Waals surface area contributed by atoms with E-state index in [1.165, 1.54) is 5.56 Å². The summed E-state index contributed by atoms with van der Waals surface area (Å²) in [4.78, 5) is 23.1. The molecule has 0 spiro atoms.